The summed E-state index contributed by atoms with van der Waals surface area (Å²) >= 11 is 0. The molecule has 0 bridgehead atoms. The van der Waals surface area contributed by atoms with Crippen molar-refractivity contribution in [3.8, 4) is 0 Å². The fourth-order valence-electron chi connectivity index (χ4n) is 0.319. The van der Waals surface area contributed by atoms with Gasteiger partial charge in [-0.15, -0.1) is 0 Å². The van der Waals surface area contributed by atoms with Crippen molar-refractivity contribution in [3.05, 3.63) is 10.4 Å². The highest BCUT2D eigenvalue weighted by atomic mass is 16.7. The molecule has 0 unspecified atom stereocenters. The molecular formula is C4H10N4O4. The van der Waals surface area contributed by atoms with Crippen LogP contribution < -0.4 is 0 Å². The Labute approximate surface area is 68.8 Å². The van der Waals surface area contributed by atoms with Crippen molar-refractivity contribution >= 4 is 0 Å². The lowest BCUT2D eigenvalue weighted by atomic mass is 10.8. The van der Waals surface area contributed by atoms with Crippen LogP contribution in [0.25, 0.3) is 0 Å². The maximum atomic E-state index is 10.1. The quantitative estimate of drug-likeness (QED) is 0.257. The molecule has 0 amide bonds. The first-order chi connectivity index (χ1) is 5.63. The highest BCUT2D eigenvalue weighted by Crippen LogP contribution is 1.81. The van der Waals surface area contributed by atoms with Crippen molar-refractivity contribution in [1.29, 1.82) is 0 Å². The second-order valence-electron chi connectivity index (χ2n) is 1.76. The maximum absolute atomic E-state index is 10.1. The minimum absolute atomic E-state index is 0.0594. The smallest absolute Gasteiger partial charge is 0.199 e. The molecule has 8 heteroatoms. The Kier molecular flexibility index (Phi) is 5.31. The van der Waals surface area contributed by atoms with E-state index >= 15 is 0 Å². The lowest BCUT2D eigenvalue weighted by molar-refractivity contribution is -0.535. The summed E-state index contributed by atoms with van der Waals surface area (Å²) in [4.78, 5) is 9.34. The molecule has 0 aromatic carbocycles. The molecule has 0 aromatic rings. The van der Waals surface area contributed by atoms with Gasteiger partial charge in [-0.2, -0.15) is 0 Å². The van der Waals surface area contributed by atoms with Crippen LogP contribution in [0.5, 0.6) is 0 Å². The maximum Gasteiger partial charge on any atom is 0.199 e. The molecule has 0 saturated carbocycles. The zero-order valence-corrected chi connectivity index (χ0v) is 6.84. The third-order valence-electron chi connectivity index (χ3n) is 0.611. The summed E-state index contributed by atoms with van der Waals surface area (Å²) in [5, 5.41) is 26.2. The van der Waals surface area contributed by atoms with Crippen LogP contribution in [0.15, 0.2) is 10.6 Å². The molecule has 12 heavy (non-hydrogen) atoms. The van der Waals surface area contributed by atoms with Crippen molar-refractivity contribution < 1.29 is 19.4 Å². The first-order valence-electron chi connectivity index (χ1n) is 3.10. The molecule has 0 radical (unpaired) electrons. The summed E-state index contributed by atoms with van der Waals surface area (Å²) in [6.07, 6.45) is 0. The Balaban J connectivity index is 3.23. The van der Waals surface area contributed by atoms with Crippen LogP contribution in [0.2, 0.25) is 0 Å². The standard InChI is InChI=1S/C4H10N4O4/c1-7(9)5-11-3-4-12-6-8(2)10/h3-4H2,1-2H3. The number of hydroxylamine groups is 2. The molecule has 0 atom stereocenters. The van der Waals surface area contributed by atoms with Gasteiger partial charge < -0.3 is 20.1 Å². The van der Waals surface area contributed by atoms with E-state index in [1.807, 2.05) is 0 Å². The average molecular weight is 178 g/mol. The first-order valence-corrected chi connectivity index (χ1v) is 3.10. The molecule has 0 aliphatic carbocycles. The molecule has 0 spiro atoms. The molecule has 8 nitrogen and oxygen atoms in total. The van der Waals surface area contributed by atoms with E-state index in [2.05, 4.69) is 20.2 Å². The largest absolute Gasteiger partial charge is 0.598 e. The highest BCUT2D eigenvalue weighted by Gasteiger charge is 1.89. The normalized spacial score (nSPS) is 12.8. The Hall–Kier alpha value is -1.60. The second kappa shape index (κ2) is 6.13. The van der Waals surface area contributed by atoms with Gasteiger partial charge in [-0.05, 0) is 0 Å². The molecule has 0 fully saturated rings. The van der Waals surface area contributed by atoms with Gasteiger partial charge in [0.05, 0.1) is 0 Å². The van der Waals surface area contributed by atoms with E-state index in [0.717, 1.165) is 0 Å². The summed E-state index contributed by atoms with van der Waals surface area (Å²) in [6.45, 7) is 0.119. The van der Waals surface area contributed by atoms with E-state index in [0.29, 0.717) is 0 Å². The summed E-state index contributed by atoms with van der Waals surface area (Å²) in [5.74, 6) is 0. The van der Waals surface area contributed by atoms with Crippen molar-refractivity contribution in [2.45, 2.75) is 0 Å². The highest BCUT2D eigenvalue weighted by molar-refractivity contribution is 4.17. The summed E-state index contributed by atoms with van der Waals surface area (Å²) in [5.41, 5.74) is 0. The SMILES string of the molecule is C[N+]([O-])=NOCCON=[N+](C)[O-]. The molecule has 0 saturated heterocycles. The van der Waals surface area contributed by atoms with Crippen LogP contribution in [-0.4, -0.2) is 37.0 Å². The van der Waals surface area contributed by atoms with Crippen LogP contribution in [-0.2, 0) is 9.68 Å². The van der Waals surface area contributed by atoms with Crippen LogP contribution in [0, 0.1) is 10.4 Å². The molecule has 0 aliphatic heterocycles. The Bertz CT molecular complexity index is 152. The molecule has 0 N–H and O–H groups in total. The van der Waals surface area contributed by atoms with E-state index in [9.17, 15) is 10.4 Å². The van der Waals surface area contributed by atoms with Crippen LogP contribution >= 0.6 is 0 Å². The van der Waals surface area contributed by atoms with Crippen molar-refractivity contribution in [1.82, 2.24) is 0 Å². The Morgan fingerprint density at radius 2 is 1.33 bits per heavy atom. The van der Waals surface area contributed by atoms with Gasteiger partial charge in [-0.3, -0.25) is 0 Å². The number of hydrogen-bond donors (Lipinski definition) is 0. The molecule has 0 aliphatic rings. The van der Waals surface area contributed by atoms with Crippen molar-refractivity contribution in [2.75, 3.05) is 27.3 Å². The minimum atomic E-state index is 0.0594. The number of hydrogen-bond acceptors (Lipinski definition) is 6. The lowest BCUT2D eigenvalue weighted by Gasteiger charge is -1.95. The Morgan fingerprint density at radius 1 is 1.00 bits per heavy atom. The number of rotatable bonds is 5. The third-order valence-corrected chi connectivity index (χ3v) is 0.611. The fraction of sp³-hybridized carbons (Fsp3) is 1.00. The van der Waals surface area contributed by atoms with E-state index in [4.69, 9.17) is 0 Å². The Morgan fingerprint density at radius 3 is 1.58 bits per heavy atom. The fourth-order valence-corrected chi connectivity index (χ4v) is 0.319. The van der Waals surface area contributed by atoms with Gasteiger partial charge in [-0.25, -0.2) is 0 Å². The van der Waals surface area contributed by atoms with Gasteiger partial charge in [0.2, 0.25) is 0 Å². The van der Waals surface area contributed by atoms with Gasteiger partial charge >= 0.3 is 0 Å². The van der Waals surface area contributed by atoms with E-state index < -0.39 is 0 Å². The average Bonchev–Trinajstić information content (AvgIpc) is 1.95. The van der Waals surface area contributed by atoms with E-state index in [-0.39, 0.29) is 22.9 Å². The molecule has 0 heterocycles. The van der Waals surface area contributed by atoms with Gasteiger partial charge in [0.15, 0.2) is 37.9 Å². The summed E-state index contributed by atoms with van der Waals surface area (Å²) < 4.78 is 0. The molecular weight excluding hydrogens is 168 g/mol. The monoisotopic (exact) mass is 178 g/mol. The minimum Gasteiger partial charge on any atom is -0.598 e. The second-order valence-corrected chi connectivity index (χ2v) is 1.76. The lowest BCUT2D eigenvalue weighted by Crippen LogP contribution is -2.01. The van der Waals surface area contributed by atoms with Gasteiger partial charge in [0.1, 0.15) is 0 Å². The summed E-state index contributed by atoms with van der Waals surface area (Å²) in [6, 6.07) is 0. The predicted octanol–water partition coefficient (Wildman–Crippen LogP) is 0.0342. The topological polar surface area (TPSA) is 95.3 Å². The first kappa shape index (κ1) is 10.4. The number of nitrogens with zero attached hydrogens (tertiary/aromatic N) is 4. The zero-order valence-electron chi connectivity index (χ0n) is 6.84. The van der Waals surface area contributed by atoms with Crippen molar-refractivity contribution in [3.63, 3.8) is 0 Å². The van der Waals surface area contributed by atoms with Gasteiger partial charge in [0.25, 0.3) is 0 Å². The van der Waals surface area contributed by atoms with E-state index in [1.54, 1.807) is 0 Å². The summed E-state index contributed by atoms with van der Waals surface area (Å²) in [7, 11) is 2.35. The van der Waals surface area contributed by atoms with E-state index in [1.165, 1.54) is 14.1 Å². The third kappa shape index (κ3) is 8.40. The molecule has 0 rings (SSSR count). The van der Waals surface area contributed by atoms with Crippen LogP contribution in [0.4, 0.5) is 0 Å². The van der Waals surface area contributed by atoms with Gasteiger partial charge in [-0.1, -0.05) is 9.72 Å². The molecule has 70 valence electrons. The van der Waals surface area contributed by atoms with Crippen molar-refractivity contribution in [2.24, 2.45) is 10.6 Å². The predicted molar refractivity (Wildman–Crippen MR) is 35.9 cm³/mol. The zero-order chi connectivity index (χ0) is 9.40. The molecule has 0 aromatic heterocycles. The van der Waals surface area contributed by atoms with Crippen LogP contribution in [0.3, 0.4) is 0 Å². The van der Waals surface area contributed by atoms with Crippen LogP contribution in [0.1, 0.15) is 0 Å². The van der Waals surface area contributed by atoms with Gasteiger partial charge in [0, 0.05) is 0 Å².